The number of aliphatic hydroxyl groups excluding tert-OH is 1. The maximum atomic E-state index is 12.4. The van der Waals surface area contributed by atoms with E-state index in [9.17, 15) is 19.8 Å². The molecule has 0 aromatic carbocycles. The molecule has 2 N–H and O–H groups in total. The molecule has 4 aliphatic rings. The molecular weight excluding hydrogens is 352 g/mol. The van der Waals surface area contributed by atoms with Crippen molar-refractivity contribution >= 4 is 11.9 Å². The Balaban J connectivity index is 1.80. The summed E-state index contributed by atoms with van der Waals surface area (Å²) in [4.78, 5) is 24.7. The van der Waals surface area contributed by atoms with Crippen LogP contribution in [0.15, 0.2) is 35.5 Å². The third-order valence-electron chi connectivity index (χ3n) is 6.57. The zero-order valence-corrected chi connectivity index (χ0v) is 15.6. The number of carbonyl (C=O) groups excluding carboxylic acids is 2. The van der Waals surface area contributed by atoms with Crippen LogP contribution in [0.2, 0.25) is 0 Å². The Morgan fingerprint density at radius 3 is 2.74 bits per heavy atom. The van der Waals surface area contributed by atoms with Gasteiger partial charge in [0.15, 0.2) is 0 Å². The molecule has 3 fully saturated rings. The quantitative estimate of drug-likeness (QED) is 0.318. The summed E-state index contributed by atoms with van der Waals surface area (Å²) in [7, 11) is 0. The molecule has 27 heavy (non-hydrogen) atoms. The minimum Gasteiger partial charge on any atom is -0.458 e. The average Bonchev–Trinajstić information content (AvgIpc) is 3.26. The lowest BCUT2D eigenvalue weighted by Crippen LogP contribution is -2.55. The predicted octanol–water partition coefficient (Wildman–Crippen LogP) is 0.803. The van der Waals surface area contributed by atoms with Crippen LogP contribution in [-0.4, -0.2) is 58.3 Å². The molecule has 7 atom stereocenters. The van der Waals surface area contributed by atoms with Crippen molar-refractivity contribution in [2.24, 2.45) is 11.8 Å². The van der Waals surface area contributed by atoms with E-state index < -0.39 is 53.3 Å². The lowest BCUT2D eigenvalue weighted by atomic mass is 9.73. The zero-order valence-electron chi connectivity index (χ0n) is 15.6. The van der Waals surface area contributed by atoms with Gasteiger partial charge in [-0.05, 0) is 26.3 Å². The highest BCUT2D eigenvalue weighted by Crippen LogP contribution is 2.59. The van der Waals surface area contributed by atoms with Crippen molar-refractivity contribution in [1.82, 2.24) is 0 Å². The SMILES string of the molecule is C=C1C(=O)O[C@H]2[C@H]1[C@@H](OC(=O)/C(C)=C\C)C[C@@]1(CO1)[C@@H]1[C@H](O)C=C(C)[C@]21O. The first-order valence-electron chi connectivity index (χ1n) is 9.12. The van der Waals surface area contributed by atoms with E-state index in [0.717, 1.165) is 0 Å². The molecule has 2 aliphatic heterocycles. The standard InChI is InChI=1S/C20H24O7/c1-5-9(2)17(22)26-13-7-19(8-25-19)15-12(21)6-10(3)20(15,24)16-14(13)11(4)18(23)27-16/h5-6,12-16,21,24H,4,7-8H2,1-3H3/b9-5-/t12-,13+,14-,15+,16+,19-,20-/m1/s1. The minimum atomic E-state index is -1.60. The molecule has 0 aromatic heterocycles. The maximum Gasteiger partial charge on any atom is 0.334 e. The number of allylic oxidation sites excluding steroid dienone is 1. The number of carbonyl (C=O) groups is 2. The van der Waals surface area contributed by atoms with E-state index in [1.807, 2.05) is 0 Å². The van der Waals surface area contributed by atoms with Crippen LogP contribution in [0.5, 0.6) is 0 Å². The van der Waals surface area contributed by atoms with E-state index in [1.54, 1.807) is 32.9 Å². The molecular formula is C20H24O7. The van der Waals surface area contributed by atoms with Gasteiger partial charge < -0.3 is 24.4 Å². The number of rotatable bonds is 2. The van der Waals surface area contributed by atoms with Gasteiger partial charge in [-0.1, -0.05) is 18.7 Å². The number of hydrogen-bond donors (Lipinski definition) is 2. The predicted molar refractivity (Wildman–Crippen MR) is 93.3 cm³/mol. The fourth-order valence-corrected chi connectivity index (χ4v) is 4.92. The van der Waals surface area contributed by atoms with Gasteiger partial charge in [-0.2, -0.15) is 0 Å². The molecule has 0 bridgehead atoms. The summed E-state index contributed by atoms with van der Waals surface area (Å²) in [6, 6.07) is 0. The largest absolute Gasteiger partial charge is 0.458 e. The van der Waals surface area contributed by atoms with Crippen molar-refractivity contribution in [1.29, 1.82) is 0 Å². The van der Waals surface area contributed by atoms with Gasteiger partial charge in [0.25, 0.3) is 0 Å². The highest BCUT2D eigenvalue weighted by atomic mass is 16.6. The van der Waals surface area contributed by atoms with Crippen LogP contribution >= 0.6 is 0 Å². The van der Waals surface area contributed by atoms with Crippen molar-refractivity contribution in [2.45, 2.75) is 56.7 Å². The third kappa shape index (κ3) is 2.38. The fraction of sp³-hybridized carbons (Fsp3) is 0.600. The van der Waals surface area contributed by atoms with E-state index in [-0.39, 0.29) is 12.0 Å². The summed E-state index contributed by atoms with van der Waals surface area (Å²) in [5.74, 6) is -2.54. The molecule has 146 valence electrons. The van der Waals surface area contributed by atoms with E-state index in [1.165, 1.54) is 0 Å². The topological polar surface area (TPSA) is 106 Å². The minimum absolute atomic E-state index is 0.162. The average molecular weight is 376 g/mol. The molecule has 0 aromatic rings. The normalized spacial score (nSPS) is 45.7. The van der Waals surface area contributed by atoms with Crippen molar-refractivity contribution in [3.8, 4) is 0 Å². The van der Waals surface area contributed by atoms with Crippen LogP contribution in [0.4, 0.5) is 0 Å². The molecule has 2 heterocycles. The monoisotopic (exact) mass is 376 g/mol. The van der Waals surface area contributed by atoms with Crippen LogP contribution in [0.1, 0.15) is 27.2 Å². The first-order valence-corrected chi connectivity index (χ1v) is 9.12. The smallest absolute Gasteiger partial charge is 0.334 e. The van der Waals surface area contributed by atoms with Crippen LogP contribution < -0.4 is 0 Å². The van der Waals surface area contributed by atoms with Crippen molar-refractivity contribution in [2.75, 3.05) is 6.61 Å². The number of fused-ring (bicyclic) bond motifs is 4. The zero-order chi connectivity index (χ0) is 19.7. The number of aliphatic hydroxyl groups is 2. The molecule has 0 amide bonds. The van der Waals surface area contributed by atoms with Crippen LogP contribution in [-0.2, 0) is 23.8 Å². The van der Waals surface area contributed by atoms with Gasteiger partial charge in [0, 0.05) is 17.6 Å². The first kappa shape index (κ1) is 18.4. The van der Waals surface area contributed by atoms with E-state index >= 15 is 0 Å². The summed E-state index contributed by atoms with van der Waals surface area (Å²) < 4.78 is 16.9. The Labute approximate surface area is 157 Å². The van der Waals surface area contributed by atoms with Gasteiger partial charge in [-0.15, -0.1) is 0 Å². The van der Waals surface area contributed by atoms with Crippen LogP contribution in [0.25, 0.3) is 0 Å². The maximum absolute atomic E-state index is 12.4. The molecule has 7 heteroatoms. The summed E-state index contributed by atoms with van der Waals surface area (Å²) in [6.07, 6.45) is 0.770. The van der Waals surface area contributed by atoms with Gasteiger partial charge in [0.05, 0.1) is 24.5 Å². The van der Waals surface area contributed by atoms with Gasteiger partial charge in [0.2, 0.25) is 0 Å². The van der Waals surface area contributed by atoms with Crippen molar-refractivity contribution in [3.63, 3.8) is 0 Å². The Bertz CT molecular complexity index is 790. The van der Waals surface area contributed by atoms with Gasteiger partial charge >= 0.3 is 11.9 Å². The van der Waals surface area contributed by atoms with E-state index in [0.29, 0.717) is 17.8 Å². The number of esters is 2. The van der Waals surface area contributed by atoms with Crippen molar-refractivity contribution in [3.05, 3.63) is 35.5 Å². The van der Waals surface area contributed by atoms with Crippen LogP contribution in [0, 0.1) is 11.8 Å². The summed E-state index contributed by atoms with van der Waals surface area (Å²) >= 11 is 0. The summed E-state index contributed by atoms with van der Waals surface area (Å²) in [5.41, 5.74) is -1.33. The highest BCUT2D eigenvalue weighted by molar-refractivity contribution is 5.92. The Morgan fingerprint density at radius 2 is 2.15 bits per heavy atom. The van der Waals surface area contributed by atoms with Gasteiger partial charge in [-0.25, -0.2) is 9.59 Å². The number of ether oxygens (including phenoxy) is 3. The molecule has 0 unspecified atom stereocenters. The first-order chi connectivity index (χ1) is 12.7. The lowest BCUT2D eigenvalue weighted by molar-refractivity contribution is -0.162. The molecule has 4 rings (SSSR count). The second kappa shape index (κ2) is 5.77. The van der Waals surface area contributed by atoms with Gasteiger partial charge in [0.1, 0.15) is 23.4 Å². The number of hydrogen-bond acceptors (Lipinski definition) is 7. The highest BCUT2D eigenvalue weighted by Gasteiger charge is 2.73. The van der Waals surface area contributed by atoms with Gasteiger partial charge in [-0.3, -0.25) is 0 Å². The molecule has 1 saturated carbocycles. The second-order valence-electron chi connectivity index (χ2n) is 7.99. The Hall–Kier alpha value is -1.96. The second-order valence-corrected chi connectivity index (χ2v) is 7.99. The lowest BCUT2D eigenvalue weighted by Gasteiger charge is -2.39. The fourth-order valence-electron chi connectivity index (χ4n) is 4.92. The third-order valence-corrected chi connectivity index (χ3v) is 6.57. The molecule has 7 nitrogen and oxygen atoms in total. The molecule has 0 radical (unpaired) electrons. The molecule has 1 spiro atoms. The summed E-state index contributed by atoms with van der Waals surface area (Å²) in [6.45, 7) is 9.23. The number of epoxide rings is 1. The molecule has 2 saturated heterocycles. The van der Waals surface area contributed by atoms with E-state index in [2.05, 4.69) is 6.58 Å². The van der Waals surface area contributed by atoms with E-state index in [4.69, 9.17) is 14.2 Å². The van der Waals surface area contributed by atoms with Crippen LogP contribution in [0.3, 0.4) is 0 Å². The van der Waals surface area contributed by atoms with Crippen molar-refractivity contribution < 1.29 is 34.0 Å². The molecule has 2 aliphatic carbocycles. The Kier molecular flexibility index (Phi) is 3.93. The Morgan fingerprint density at radius 1 is 1.48 bits per heavy atom. The summed E-state index contributed by atoms with van der Waals surface area (Å²) in [5, 5.41) is 22.3.